The zero-order valence-corrected chi connectivity index (χ0v) is 14.5. The molecule has 1 fully saturated rings. The predicted octanol–water partition coefficient (Wildman–Crippen LogP) is 3.95. The summed E-state index contributed by atoms with van der Waals surface area (Å²) in [4.78, 5) is 16.7. The average Bonchev–Trinajstić information content (AvgIpc) is 2.97. The Morgan fingerprint density at radius 1 is 1.21 bits per heavy atom. The third kappa shape index (κ3) is 4.25. The SMILES string of the molecule is Cc1cnc(-c2ccccc2)n1CCNC(=O)CC1CCCCC1. The molecule has 1 aliphatic carbocycles. The second-order valence-electron chi connectivity index (χ2n) is 6.80. The summed E-state index contributed by atoms with van der Waals surface area (Å²) in [7, 11) is 0. The van der Waals surface area contributed by atoms with Crippen LogP contribution in [0.3, 0.4) is 0 Å². The van der Waals surface area contributed by atoms with Gasteiger partial charge in [0.05, 0.1) is 0 Å². The molecule has 1 aromatic heterocycles. The van der Waals surface area contributed by atoms with E-state index in [2.05, 4.69) is 33.9 Å². The number of hydrogen-bond acceptors (Lipinski definition) is 2. The number of nitrogens with one attached hydrogen (secondary N) is 1. The third-order valence-electron chi connectivity index (χ3n) is 4.94. The van der Waals surface area contributed by atoms with E-state index < -0.39 is 0 Å². The summed E-state index contributed by atoms with van der Waals surface area (Å²) in [5, 5.41) is 3.09. The Morgan fingerprint density at radius 2 is 1.96 bits per heavy atom. The van der Waals surface area contributed by atoms with Crippen molar-refractivity contribution in [1.29, 1.82) is 0 Å². The standard InChI is InChI=1S/C20H27N3O/c1-16-15-22-20(18-10-6-3-7-11-18)23(16)13-12-21-19(24)14-17-8-4-2-5-9-17/h3,6-7,10-11,15,17H,2,4-5,8-9,12-14H2,1H3,(H,21,24). The first kappa shape index (κ1) is 16.7. The summed E-state index contributed by atoms with van der Waals surface area (Å²) in [5.41, 5.74) is 2.23. The summed E-state index contributed by atoms with van der Waals surface area (Å²) in [6.45, 7) is 3.47. The first-order valence-electron chi connectivity index (χ1n) is 9.08. The van der Waals surface area contributed by atoms with Crippen molar-refractivity contribution in [2.75, 3.05) is 6.54 Å². The molecule has 1 amide bonds. The average molecular weight is 325 g/mol. The number of rotatable bonds is 6. The summed E-state index contributed by atoms with van der Waals surface area (Å²) in [6, 6.07) is 10.2. The molecule has 0 radical (unpaired) electrons. The zero-order chi connectivity index (χ0) is 16.8. The minimum absolute atomic E-state index is 0.195. The normalized spacial score (nSPS) is 15.4. The zero-order valence-electron chi connectivity index (χ0n) is 14.5. The Labute approximate surface area is 144 Å². The Balaban J connectivity index is 1.53. The molecule has 0 spiro atoms. The van der Waals surface area contributed by atoms with Gasteiger partial charge in [0, 0.05) is 37.0 Å². The molecule has 3 rings (SSSR count). The third-order valence-corrected chi connectivity index (χ3v) is 4.94. The lowest BCUT2D eigenvalue weighted by molar-refractivity contribution is -0.122. The van der Waals surface area contributed by atoms with Gasteiger partial charge in [-0.2, -0.15) is 0 Å². The van der Waals surface area contributed by atoms with Gasteiger partial charge in [-0.15, -0.1) is 0 Å². The van der Waals surface area contributed by atoms with Gasteiger partial charge in [-0.05, 0) is 25.7 Å². The molecule has 1 aliphatic rings. The topological polar surface area (TPSA) is 46.9 Å². The molecule has 24 heavy (non-hydrogen) atoms. The second kappa shape index (κ2) is 8.13. The highest BCUT2D eigenvalue weighted by molar-refractivity contribution is 5.76. The van der Waals surface area contributed by atoms with Crippen molar-refractivity contribution in [2.45, 2.75) is 52.0 Å². The van der Waals surface area contributed by atoms with Crippen molar-refractivity contribution in [2.24, 2.45) is 5.92 Å². The van der Waals surface area contributed by atoms with Gasteiger partial charge < -0.3 is 9.88 Å². The molecule has 0 atom stereocenters. The van der Waals surface area contributed by atoms with E-state index in [-0.39, 0.29) is 5.91 Å². The van der Waals surface area contributed by atoms with E-state index in [0.717, 1.165) is 23.6 Å². The van der Waals surface area contributed by atoms with Gasteiger partial charge in [0.1, 0.15) is 5.82 Å². The van der Waals surface area contributed by atoms with Crippen molar-refractivity contribution >= 4 is 5.91 Å². The van der Waals surface area contributed by atoms with Crippen LogP contribution in [0.4, 0.5) is 0 Å². The summed E-state index contributed by atoms with van der Waals surface area (Å²) < 4.78 is 2.18. The summed E-state index contributed by atoms with van der Waals surface area (Å²) in [5.74, 6) is 1.75. The number of benzene rings is 1. The fourth-order valence-electron chi connectivity index (χ4n) is 3.59. The van der Waals surface area contributed by atoms with Crippen LogP contribution in [0.5, 0.6) is 0 Å². The molecular formula is C20H27N3O. The van der Waals surface area contributed by atoms with Crippen LogP contribution in [0.2, 0.25) is 0 Å². The molecule has 1 aromatic carbocycles. The highest BCUT2D eigenvalue weighted by Gasteiger charge is 2.17. The van der Waals surface area contributed by atoms with Gasteiger partial charge in [0.25, 0.3) is 0 Å². The highest BCUT2D eigenvalue weighted by atomic mass is 16.1. The van der Waals surface area contributed by atoms with Gasteiger partial charge in [0.2, 0.25) is 5.91 Å². The number of aryl methyl sites for hydroxylation is 1. The van der Waals surface area contributed by atoms with E-state index in [9.17, 15) is 4.79 Å². The molecule has 128 valence electrons. The quantitative estimate of drug-likeness (QED) is 0.874. The van der Waals surface area contributed by atoms with E-state index in [0.29, 0.717) is 18.9 Å². The predicted molar refractivity (Wildman–Crippen MR) is 96.6 cm³/mol. The summed E-state index contributed by atoms with van der Waals surface area (Å²) >= 11 is 0. The molecule has 0 unspecified atom stereocenters. The van der Waals surface area contributed by atoms with Gasteiger partial charge in [0.15, 0.2) is 0 Å². The minimum atomic E-state index is 0.195. The van der Waals surface area contributed by atoms with Gasteiger partial charge in [-0.25, -0.2) is 4.98 Å². The number of hydrogen-bond donors (Lipinski definition) is 1. The van der Waals surface area contributed by atoms with Crippen molar-refractivity contribution in [1.82, 2.24) is 14.9 Å². The monoisotopic (exact) mass is 325 g/mol. The Kier molecular flexibility index (Phi) is 5.68. The first-order chi connectivity index (χ1) is 11.7. The molecule has 0 aliphatic heterocycles. The molecule has 1 saturated carbocycles. The van der Waals surface area contributed by atoms with Crippen molar-refractivity contribution < 1.29 is 4.79 Å². The van der Waals surface area contributed by atoms with Crippen LogP contribution in [0.1, 0.15) is 44.2 Å². The molecule has 4 nitrogen and oxygen atoms in total. The Morgan fingerprint density at radius 3 is 2.71 bits per heavy atom. The maximum Gasteiger partial charge on any atom is 0.220 e. The number of imidazole rings is 1. The van der Waals surface area contributed by atoms with E-state index in [1.54, 1.807) is 0 Å². The first-order valence-corrected chi connectivity index (χ1v) is 9.08. The van der Waals surface area contributed by atoms with Gasteiger partial charge in [-0.1, -0.05) is 49.6 Å². The van der Waals surface area contributed by atoms with Crippen LogP contribution in [0, 0.1) is 12.8 Å². The van der Waals surface area contributed by atoms with Crippen LogP contribution in [-0.4, -0.2) is 22.0 Å². The maximum absolute atomic E-state index is 12.1. The largest absolute Gasteiger partial charge is 0.354 e. The minimum Gasteiger partial charge on any atom is -0.354 e. The van der Waals surface area contributed by atoms with Crippen LogP contribution < -0.4 is 5.32 Å². The van der Waals surface area contributed by atoms with Gasteiger partial charge >= 0.3 is 0 Å². The van der Waals surface area contributed by atoms with E-state index >= 15 is 0 Å². The second-order valence-corrected chi connectivity index (χ2v) is 6.80. The number of aromatic nitrogens is 2. The summed E-state index contributed by atoms with van der Waals surface area (Å²) in [6.07, 6.45) is 8.92. The Bertz CT molecular complexity index is 657. The van der Waals surface area contributed by atoms with Gasteiger partial charge in [-0.3, -0.25) is 4.79 Å². The molecule has 0 saturated heterocycles. The lowest BCUT2D eigenvalue weighted by Gasteiger charge is -2.21. The molecule has 1 N–H and O–H groups in total. The lowest BCUT2D eigenvalue weighted by Crippen LogP contribution is -2.29. The van der Waals surface area contributed by atoms with Crippen molar-refractivity contribution in [3.8, 4) is 11.4 Å². The van der Waals surface area contributed by atoms with Crippen molar-refractivity contribution in [3.05, 3.63) is 42.2 Å². The molecule has 1 heterocycles. The number of nitrogens with zero attached hydrogens (tertiary/aromatic N) is 2. The number of carbonyl (C=O) groups is 1. The van der Waals surface area contributed by atoms with Crippen LogP contribution >= 0.6 is 0 Å². The number of amides is 1. The maximum atomic E-state index is 12.1. The lowest BCUT2D eigenvalue weighted by atomic mass is 9.87. The fraction of sp³-hybridized carbons (Fsp3) is 0.500. The number of carbonyl (C=O) groups excluding carboxylic acids is 1. The molecular weight excluding hydrogens is 298 g/mol. The van der Waals surface area contributed by atoms with Crippen LogP contribution in [-0.2, 0) is 11.3 Å². The van der Waals surface area contributed by atoms with E-state index in [1.807, 2.05) is 24.4 Å². The van der Waals surface area contributed by atoms with Crippen LogP contribution in [0.25, 0.3) is 11.4 Å². The van der Waals surface area contributed by atoms with E-state index in [1.165, 1.54) is 32.1 Å². The highest BCUT2D eigenvalue weighted by Crippen LogP contribution is 2.26. The smallest absolute Gasteiger partial charge is 0.220 e. The molecule has 4 heteroatoms. The van der Waals surface area contributed by atoms with Crippen molar-refractivity contribution in [3.63, 3.8) is 0 Å². The van der Waals surface area contributed by atoms with Crippen LogP contribution in [0.15, 0.2) is 36.5 Å². The fourth-order valence-corrected chi connectivity index (χ4v) is 3.59. The van der Waals surface area contributed by atoms with E-state index in [4.69, 9.17) is 0 Å². The molecule has 2 aromatic rings. The Hall–Kier alpha value is -2.10. The molecule has 0 bridgehead atoms.